The van der Waals surface area contributed by atoms with Crippen molar-refractivity contribution in [3.8, 4) is 0 Å². The largest absolute Gasteiger partial charge is 0.477 e. The number of anilines is 2. The molecule has 0 aliphatic carbocycles. The number of halogens is 1. The molecule has 7 heteroatoms. The Kier molecular flexibility index (Phi) is 3.87. The average Bonchev–Trinajstić information content (AvgIpc) is 3.07. The van der Waals surface area contributed by atoms with E-state index in [-0.39, 0.29) is 10.9 Å². The minimum absolute atomic E-state index is 0.0641. The minimum Gasteiger partial charge on any atom is -0.477 e. The van der Waals surface area contributed by atoms with Crippen LogP contribution >= 0.6 is 0 Å². The molecule has 0 bridgehead atoms. The van der Waals surface area contributed by atoms with E-state index in [1.165, 1.54) is 6.20 Å². The van der Waals surface area contributed by atoms with Crippen LogP contribution in [-0.4, -0.2) is 15.6 Å². The molecule has 0 unspecified atom stereocenters. The quantitative estimate of drug-likeness (QED) is 0.695. The standard InChI is InChI=1S/C20H18FN3O3/c1-2-23-10-14(20(26)27)19(25)12-6-15(21)18(7-17(12)23)24-8-11-4-3-5-16(22)13(11)9-24/h3-7,10H,2,8-9,22H2,1H3,(H,26,27). The van der Waals surface area contributed by atoms with E-state index in [1.807, 2.05) is 30.0 Å². The molecule has 0 saturated carbocycles. The molecule has 0 atom stereocenters. The number of carboxylic acid groups (broad SMARTS) is 1. The van der Waals surface area contributed by atoms with Crippen molar-refractivity contribution in [2.75, 3.05) is 10.6 Å². The molecular formula is C20H18FN3O3. The lowest BCUT2D eigenvalue weighted by Crippen LogP contribution is -2.21. The lowest BCUT2D eigenvalue weighted by atomic mass is 10.1. The molecule has 1 aromatic heterocycles. The lowest BCUT2D eigenvalue weighted by Gasteiger charge is -2.20. The van der Waals surface area contributed by atoms with Crippen LogP contribution in [0, 0.1) is 5.82 Å². The molecule has 1 aliphatic rings. The zero-order valence-electron chi connectivity index (χ0n) is 14.7. The van der Waals surface area contributed by atoms with E-state index in [9.17, 15) is 19.1 Å². The number of carbonyl (C=O) groups is 1. The summed E-state index contributed by atoms with van der Waals surface area (Å²) >= 11 is 0. The van der Waals surface area contributed by atoms with E-state index in [2.05, 4.69) is 0 Å². The number of carboxylic acids is 1. The van der Waals surface area contributed by atoms with Gasteiger partial charge in [-0.2, -0.15) is 0 Å². The molecule has 4 rings (SSSR count). The van der Waals surface area contributed by atoms with Gasteiger partial charge in [0.1, 0.15) is 11.4 Å². The minimum atomic E-state index is -1.32. The smallest absolute Gasteiger partial charge is 0.341 e. The predicted octanol–water partition coefficient (Wildman–Crippen LogP) is 2.96. The van der Waals surface area contributed by atoms with Gasteiger partial charge in [0, 0.05) is 36.9 Å². The van der Waals surface area contributed by atoms with Gasteiger partial charge in [-0.3, -0.25) is 4.79 Å². The Hall–Kier alpha value is -3.35. The third-order valence-electron chi connectivity index (χ3n) is 5.08. The van der Waals surface area contributed by atoms with Crippen molar-refractivity contribution in [3.63, 3.8) is 0 Å². The molecule has 2 aromatic carbocycles. The SMILES string of the molecule is CCn1cc(C(=O)O)c(=O)c2cc(F)c(N3Cc4cccc(N)c4C3)cc21. The number of aromatic carboxylic acids is 1. The summed E-state index contributed by atoms with van der Waals surface area (Å²) < 4.78 is 16.5. The maximum atomic E-state index is 14.9. The zero-order chi connectivity index (χ0) is 19.3. The van der Waals surface area contributed by atoms with Crippen molar-refractivity contribution >= 4 is 28.2 Å². The van der Waals surface area contributed by atoms with Crippen molar-refractivity contribution in [3.05, 3.63) is 69.3 Å². The van der Waals surface area contributed by atoms with Gasteiger partial charge in [0.2, 0.25) is 5.43 Å². The first-order valence-corrected chi connectivity index (χ1v) is 8.62. The van der Waals surface area contributed by atoms with Crippen LogP contribution in [0.5, 0.6) is 0 Å². The summed E-state index contributed by atoms with van der Waals surface area (Å²) in [5, 5.41) is 9.30. The highest BCUT2D eigenvalue weighted by Gasteiger charge is 2.25. The molecule has 0 saturated heterocycles. The molecule has 3 aromatic rings. The van der Waals surface area contributed by atoms with Crippen LogP contribution in [-0.2, 0) is 19.6 Å². The van der Waals surface area contributed by atoms with Crippen LogP contribution < -0.4 is 16.1 Å². The number of rotatable bonds is 3. The Bertz CT molecular complexity index is 1150. The van der Waals surface area contributed by atoms with Gasteiger partial charge in [0.25, 0.3) is 0 Å². The van der Waals surface area contributed by atoms with E-state index in [0.717, 1.165) is 17.2 Å². The van der Waals surface area contributed by atoms with E-state index in [4.69, 9.17) is 5.73 Å². The molecule has 0 spiro atoms. The maximum Gasteiger partial charge on any atom is 0.341 e. The summed E-state index contributed by atoms with van der Waals surface area (Å²) in [5.74, 6) is -1.88. The summed E-state index contributed by atoms with van der Waals surface area (Å²) in [4.78, 5) is 25.6. The van der Waals surface area contributed by atoms with Crippen LogP contribution in [0.15, 0.2) is 41.3 Å². The number of aromatic nitrogens is 1. The monoisotopic (exact) mass is 367 g/mol. The van der Waals surface area contributed by atoms with Crippen LogP contribution in [0.2, 0.25) is 0 Å². The number of hydrogen-bond donors (Lipinski definition) is 2. The number of nitrogens with zero attached hydrogens (tertiary/aromatic N) is 2. The van der Waals surface area contributed by atoms with Crippen molar-refractivity contribution < 1.29 is 14.3 Å². The molecule has 0 amide bonds. The van der Waals surface area contributed by atoms with Crippen molar-refractivity contribution in [1.29, 1.82) is 0 Å². The molecule has 6 nitrogen and oxygen atoms in total. The topological polar surface area (TPSA) is 88.6 Å². The van der Waals surface area contributed by atoms with Gasteiger partial charge >= 0.3 is 5.97 Å². The molecule has 2 heterocycles. The van der Waals surface area contributed by atoms with Gasteiger partial charge in [-0.1, -0.05) is 12.1 Å². The number of fused-ring (bicyclic) bond motifs is 2. The Morgan fingerprint density at radius 2 is 2.07 bits per heavy atom. The van der Waals surface area contributed by atoms with Gasteiger partial charge in [-0.25, -0.2) is 9.18 Å². The highest BCUT2D eigenvalue weighted by atomic mass is 19.1. The number of hydrogen-bond acceptors (Lipinski definition) is 4. The molecular weight excluding hydrogens is 349 g/mol. The Labute approximate surface area is 154 Å². The molecule has 1 aliphatic heterocycles. The van der Waals surface area contributed by atoms with Crippen molar-refractivity contribution in [1.82, 2.24) is 4.57 Å². The summed E-state index contributed by atoms with van der Waals surface area (Å²) in [7, 11) is 0. The summed E-state index contributed by atoms with van der Waals surface area (Å²) in [6.07, 6.45) is 1.31. The average molecular weight is 367 g/mol. The fraction of sp³-hybridized carbons (Fsp3) is 0.200. The van der Waals surface area contributed by atoms with Crippen LogP contribution in [0.1, 0.15) is 28.4 Å². The van der Waals surface area contributed by atoms with E-state index >= 15 is 0 Å². The first kappa shape index (κ1) is 17.1. The van der Waals surface area contributed by atoms with Gasteiger partial charge < -0.3 is 20.3 Å². The fourth-order valence-corrected chi connectivity index (χ4v) is 3.67. The van der Waals surface area contributed by atoms with Crippen LogP contribution in [0.3, 0.4) is 0 Å². The molecule has 138 valence electrons. The Morgan fingerprint density at radius 3 is 2.74 bits per heavy atom. The first-order chi connectivity index (χ1) is 12.9. The second-order valence-corrected chi connectivity index (χ2v) is 6.62. The lowest BCUT2D eigenvalue weighted by molar-refractivity contribution is 0.0695. The van der Waals surface area contributed by atoms with E-state index in [0.29, 0.717) is 36.5 Å². The number of pyridine rings is 1. The summed E-state index contributed by atoms with van der Waals surface area (Å²) in [6, 6.07) is 8.41. The summed E-state index contributed by atoms with van der Waals surface area (Å²) in [6.45, 7) is 3.29. The van der Waals surface area contributed by atoms with E-state index in [1.54, 1.807) is 10.6 Å². The summed E-state index contributed by atoms with van der Waals surface area (Å²) in [5.41, 5.74) is 8.56. The third kappa shape index (κ3) is 2.63. The number of benzene rings is 2. The predicted molar refractivity (Wildman–Crippen MR) is 102 cm³/mol. The maximum absolute atomic E-state index is 14.9. The van der Waals surface area contributed by atoms with Crippen LogP contribution in [0.25, 0.3) is 10.9 Å². The fourth-order valence-electron chi connectivity index (χ4n) is 3.67. The van der Waals surface area contributed by atoms with Gasteiger partial charge in [-0.05, 0) is 36.2 Å². The highest BCUT2D eigenvalue weighted by molar-refractivity contribution is 5.93. The molecule has 0 fully saturated rings. The first-order valence-electron chi connectivity index (χ1n) is 8.62. The molecule has 3 N–H and O–H groups in total. The Balaban J connectivity index is 1.88. The van der Waals surface area contributed by atoms with Gasteiger partial charge in [0.15, 0.2) is 0 Å². The van der Waals surface area contributed by atoms with E-state index < -0.39 is 17.2 Å². The number of aryl methyl sites for hydroxylation is 1. The molecule has 27 heavy (non-hydrogen) atoms. The molecule has 0 radical (unpaired) electrons. The highest BCUT2D eigenvalue weighted by Crippen LogP contribution is 2.34. The van der Waals surface area contributed by atoms with Crippen LogP contribution in [0.4, 0.5) is 15.8 Å². The zero-order valence-corrected chi connectivity index (χ0v) is 14.7. The van der Waals surface area contributed by atoms with Gasteiger partial charge in [-0.15, -0.1) is 0 Å². The van der Waals surface area contributed by atoms with Crippen molar-refractivity contribution in [2.45, 2.75) is 26.6 Å². The number of nitrogen functional groups attached to an aromatic ring is 1. The normalized spacial score (nSPS) is 13.2. The second kappa shape index (κ2) is 6.12. The Morgan fingerprint density at radius 1 is 1.30 bits per heavy atom. The second-order valence-electron chi connectivity index (χ2n) is 6.62. The number of nitrogens with two attached hydrogens (primary N) is 1. The van der Waals surface area contributed by atoms with Gasteiger partial charge in [0.05, 0.1) is 11.2 Å². The van der Waals surface area contributed by atoms with Crippen molar-refractivity contribution in [2.24, 2.45) is 0 Å². The third-order valence-corrected chi connectivity index (χ3v) is 5.08.